The van der Waals surface area contributed by atoms with Crippen molar-refractivity contribution < 1.29 is 25.2 Å². The van der Waals surface area contributed by atoms with Gasteiger partial charge in [-0.25, -0.2) is 5.43 Å². The number of phenols is 3. The molecule has 0 spiro atoms. The Morgan fingerprint density at radius 1 is 1.39 bits per heavy atom. The van der Waals surface area contributed by atoms with Gasteiger partial charge in [0.15, 0.2) is 11.5 Å². The number of nitrogens with zero attached hydrogens (tertiary/aromatic N) is 1. The molecule has 0 bridgehead atoms. The fourth-order valence-corrected chi connectivity index (χ4v) is 1.02. The predicted molar refractivity (Wildman–Crippen MR) is 62.2 cm³/mol. The lowest BCUT2D eigenvalue weighted by atomic mass is 10.2. The van der Waals surface area contributed by atoms with Crippen LogP contribution in [0, 0.1) is 0 Å². The molecule has 1 rings (SSSR count). The van der Waals surface area contributed by atoms with Gasteiger partial charge in [-0.15, -0.1) is 0 Å². The Kier molecular flexibility index (Phi) is 4.46. The number of hydrogen-bond donors (Lipinski definition) is 6. The molecule has 0 saturated carbocycles. The summed E-state index contributed by atoms with van der Waals surface area (Å²) in [5.74, 6) is -2.43. The van der Waals surface area contributed by atoms with Gasteiger partial charge in [-0.2, -0.15) is 5.10 Å². The second-order valence-corrected chi connectivity index (χ2v) is 3.39. The molecule has 0 aliphatic carbocycles. The monoisotopic (exact) mass is 255 g/mol. The minimum atomic E-state index is -1.09. The molecule has 0 radical (unpaired) electrons. The van der Waals surface area contributed by atoms with E-state index < -0.39 is 35.8 Å². The largest absolute Gasteiger partial charge is 0.504 e. The van der Waals surface area contributed by atoms with Crippen LogP contribution in [0.15, 0.2) is 17.2 Å². The van der Waals surface area contributed by atoms with Crippen LogP contribution in [0.25, 0.3) is 0 Å². The lowest BCUT2D eigenvalue weighted by molar-refractivity contribution is -0.123. The van der Waals surface area contributed by atoms with Gasteiger partial charge in [0.05, 0.1) is 12.8 Å². The summed E-state index contributed by atoms with van der Waals surface area (Å²) in [5, 5.41) is 39.8. The first-order valence-electron chi connectivity index (χ1n) is 4.90. The first-order chi connectivity index (χ1) is 8.47. The molecule has 7 N–H and O–H groups in total. The molecular weight excluding hydrogens is 242 g/mol. The second-order valence-electron chi connectivity index (χ2n) is 3.39. The Labute approximate surface area is 102 Å². The van der Waals surface area contributed by atoms with Crippen LogP contribution in [0.3, 0.4) is 0 Å². The van der Waals surface area contributed by atoms with Gasteiger partial charge in [-0.1, -0.05) is 0 Å². The van der Waals surface area contributed by atoms with Gasteiger partial charge in [0, 0.05) is 5.56 Å². The maximum absolute atomic E-state index is 11.1. The zero-order valence-corrected chi connectivity index (χ0v) is 9.24. The fourth-order valence-electron chi connectivity index (χ4n) is 1.02. The van der Waals surface area contributed by atoms with Crippen LogP contribution in [0.2, 0.25) is 0 Å². The van der Waals surface area contributed by atoms with Crippen LogP contribution in [0.5, 0.6) is 17.2 Å². The summed E-state index contributed by atoms with van der Waals surface area (Å²) < 4.78 is 0. The van der Waals surface area contributed by atoms with Crippen LogP contribution < -0.4 is 11.2 Å². The van der Waals surface area contributed by atoms with E-state index in [2.05, 4.69) is 5.10 Å². The van der Waals surface area contributed by atoms with Crippen molar-refractivity contribution in [2.45, 2.75) is 6.04 Å². The lowest BCUT2D eigenvalue weighted by Crippen LogP contribution is -2.40. The summed E-state index contributed by atoms with van der Waals surface area (Å²) in [6, 6.07) is 1.34. The third kappa shape index (κ3) is 3.09. The Morgan fingerprint density at radius 3 is 2.67 bits per heavy atom. The molecule has 0 aliphatic rings. The number of amides is 1. The minimum absolute atomic E-state index is 0.0863. The van der Waals surface area contributed by atoms with Gasteiger partial charge >= 0.3 is 0 Å². The average Bonchev–Trinajstić information content (AvgIpc) is 2.37. The van der Waals surface area contributed by atoms with Crippen molar-refractivity contribution in [1.29, 1.82) is 0 Å². The van der Waals surface area contributed by atoms with Crippen molar-refractivity contribution in [2.24, 2.45) is 10.8 Å². The molecule has 1 atom stereocenters. The number of aliphatic hydroxyl groups excluding tert-OH is 1. The first kappa shape index (κ1) is 13.7. The molecule has 8 nitrogen and oxygen atoms in total. The van der Waals surface area contributed by atoms with E-state index in [0.717, 1.165) is 12.3 Å². The minimum Gasteiger partial charge on any atom is -0.504 e. The van der Waals surface area contributed by atoms with Gasteiger partial charge in [-0.3, -0.25) is 4.79 Å². The summed E-state index contributed by atoms with van der Waals surface area (Å²) in [5.41, 5.74) is 7.33. The van der Waals surface area contributed by atoms with Crippen molar-refractivity contribution >= 4 is 12.1 Å². The molecule has 0 fully saturated rings. The molecule has 18 heavy (non-hydrogen) atoms. The van der Waals surface area contributed by atoms with Crippen molar-refractivity contribution in [3.63, 3.8) is 0 Å². The molecule has 0 aliphatic heterocycles. The Bertz CT molecular complexity index is 475. The fraction of sp³-hybridized carbons (Fsp3) is 0.200. The Balaban J connectivity index is 2.74. The summed E-state index contributed by atoms with van der Waals surface area (Å²) in [6.45, 7) is -0.521. The number of carbonyl (C=O) groups excluding carboxylic acids is 1. The summed E-state index contributed by atoms with van der Waals surface area (Å²) >= 11 is 0. The number of nitrogens with two attached hydrogens (primary N) is 1. The number of hydrogen-bond acceptors (Lipinski definition) is 7. The third-order valence-corrected chi connectivity index (χ3v) is 2.07. The highest BCUT2D eigenvalue weighted by atomic mass is 16.3. The highest BCUT2D eigenvalue weighted by Gasteiger charge is 2.11. The number of nitrogens with one attached hydrogen (secondary N) is 1. The van der Waals surface area contributed by atoms with E-state index in [0.29, 0.717) is 0 Å². The maximum Gasteiger partial charge on any atom is 0.259 e. The van der Waals surface area contributed by atoms with Gasteiger partial charge in [0.25, 0.3) is 5.91 Å². The topological polar surface area (TPSA) is 148 Å². The molecular formula is C10H13N3O5. The molecule has 0 heterocycles. The van der Waals surface area contributed by atoms with Crippen LogP contribution >= 0.6 is 0 Å². The van der Waals surface area contributed by atoms with Crippen molar-refractivity contribution in [3.05, 3.63) is 17.7 Å². The van der Waals surface area contributed by atoms with Gasteiger partial charge in [0.1, 0.15) is 6.04 Å². The molecule has 1 aromatic carbocycles. The number of aliphatic hydroxyl groups is 1. The molecule has 98 valence electrons. The highest BCUT2D eigenvalue weighted by Crippen LogP contribution is 2.36. The van der Waals surface area contributed by atoms with E-state index in [9.17, 15) is 15.0 Å². The third-order valence-electron chi connectivity index (χ3n) is 2.07. The van der Waals surface area contributed by atoms with Gasteiger partial charge in [0.2, 0.25) is 5.75 Å². The van der Waals surface area contributed by atoms with Crippen LogP contribution in [-0.4, -0.2) is 45.2 Å². The standard InChI is InChI=1S/C10H13N3O5/c11-6(4-14)10(18)13-12-3-5-1-2-7(15)9(17)8(5)16/h1-3,6,14-17H,4,11H2,(H,13,18)/b12-3-. The van der Waals surface area contributed by atoms with Crippen LogP contribution in [0.4, 0.5) is 0 Å². The Hall–Kier alpha value is -2.32. The smallest absolute Gasteiger partial charge is 0.259 e. The summed E-state index contributed by atoms with van der Waals surface area (Å²) in [7, 11) is 0. The SMILES string of the molecule is NC(CO)C(=O)N/N=C\c1ccc(O)c(O)c1O. The second kappa shape index (κ2) is 5.84. The molecule has 0 aromatic heterocycles. The molecule has 0 saturated heterocycles. The summed E-state index contributed by atoms with van der Waals surface area (Å²) in [4.78, 5) is 11.1. The first-order valence-corrected chi connectivity index (χ1v) is 4.90. The number of hydrazone groups is 1. The average molecular weight is 255 g/mol. The normalized spacial score (nSPS) is 12.6. The van der Waals surface area contributed by atoms with Crippen molar-refractivity contribution in [1.82, 2.24) is 5.43 Å². The molecule has 8 heteroatoms. The maximum atomic E-state index is 11.1. The number of rotatable bonds is 4. The van der Waals surface area contributed by atoms with E-state index in [1.54, 1.807) is 0 Å². The van der Waals surface area contributed by atoms with Crippen LogP contribution in [-0.2, 0) is 4.79 Å². The van der Waals surface area contributed by atoms with Crippen molar-refractivity contribution in [2.75, 3.05) is 6.61 Å². The number of aromatic hydroxyl groups is 3. The van der Waals surface area contributed by atoms with Crippen molar-refractivity contribution in [3.8, 4) is 17.2 Å². The van der Waals surface area contributed by atoms with E-state index in [1.165, 1.54) is 6.07 Å². The lowest BCUT2D eigenvalue weighted by Gasteiger charge is -2.05. The number of phenolic OH excluding ortho intramolecular Hbond substituents is 3. The quantitative estimate of drug-likeness (QED) is 0.221. The zero-order valence-electron chi connectivity index (χ0n) is 9.24. The highest BCUT2D eigenvalue weighted by molar-refractivity contribution is 5.87. The van der Waals surface area contributed by atoms with E-state index in [1.807, 2.05) is 5.43 Å². The van der Waals surface area contributed by atoms with Gasteiger partial charge < -0.3 is 26.2 Å². The van der Waals surface area contributed by atoms with E-state index >= 15 is 0 Å². The molecule has 1 amide bonds. The van der Waals surface area contributed by atoms with E-state index in [4.69, 9.17) is 15.9 Å². The zero-order chi connectivity index (χ0) is 13.7. The number of benzene rings is 1. The summed E-state index contributed by atoms with van der Waals surface area (Å²) in [6.07, 6.45) is 1.05. The molecule has 1 aromatic rings. The van der Waals surface area contributed by atoms with E-state index in [-0.39, 0.29) is 5.56 Å². The predicted octanol–water partition coefficient (Wildman–Crippen LogP) is -1.43. The number of carbonyl (C=O) groups is 1. The molecule has 1 unspecified atom stereocenters. The van der Waals surface area contributed by atoms with Crippen LogP contribution in [0.1, 0.15) is 5.56 Å². The Morgan fingerprint density at radius 2 is 2.06 bits per heavy atom. The van der Waals surface area contributed by atoms with Gasteiger partial charge in [-0.05, 0) is 12.1 Å².